The van der Waals surface area contributed by atoms with E-state index in [1.165, 1.54) is 11.1 Å². The third-order valence-electron chi connectivity index (χ3n) is 6.72. The fourth-order valence-electron chi connectivity index (χ4n) is 4.84. The number of Topliss-reactive ketones (excluding diaryl/α,β-unsaturated/α-hetero) is 1. The van der Waals surface area contributed by atoms with E-state index in [0.717, 1.165) is 40.1 Å². The lowest BCUT2D eigenvalue weighted by atomic mass is 10.0. The highest BCUT2D eigenvalue weighted by atomic mass is 16.5. The average Bonchev–Trinajstić information content (AvgIpc) is 3.36. The number of carbonyl (C=O) groups excluding carboxylic acids is 1. The molecule has 1 aromatic heterocycles. The summed E-state index contributed by atoms with van der Waals surface area (Å²) in [6.07, 6.45) is 3.82. The highest BCUT2D eigenvalue weighted by Crippen LogP contribution is 2.42. The van der Waals surface area contributed by atoms with E-state index in [4.69, 9.17) is 14.2 Å². The first-order valence-corrected chi connectivity index (χ1v) is 11.6. The molecule has 6 nitrogen and oxygen atoms in total. The first-order chi connectivity index (χ1) is 17.0. The van der Waals surface area contributed by atoms with Crippen LogP contribution in [0.1, 0.15) is 32.6 Å². The fourth-order valence-corrected chi connectivity index (χ4v) is 4.84. The van der Waals surface area contributed by atoms with Gasteiger partial charge in [0, 0.05) is 42.8 Å². The zero-order valence-corrected chi connectivity index (χ0v) is 20.0. The van der Waals surface area contributed by atoms with Crippen LogP contribution in [0.4, 0.5) is 0 Å². The molecule has 0 atom stereocenters. The maximum Gasteiger partial charge on any atom is 0.231 e. The maximum atomic E-state index is 13.3. The van der Waals surface area contributed by atoms with Crippen molar-refractivity contribution in [1.29, 1.82) is 0 Å². The molecule has 0 N–H and O–H groups in total. The normalized spacial score (nSPS) is 16.2. The van der Waals surface area contributed by atoms with Gasteiger partial charge in [0.05, 0.1) is 18.2 Å². The van der Waals surface area contributed by atoms with Crippen molar-refractivity contribution in [2.45, 2.75) is 20.0 Å². The molecule has 2 aliphatic heterocycles. The van der Waals surface area contributed by atoms with Gasteiger partial charge in [-0.05, 0) is 48.9 Å². The van der Waals surface area contributed by atoms with Crippen LogP contribution in [0, 0.1) is 6.92 Å². The summed E-state index contributed by atoms with van der Waals surface area (Å²) in [6, 6.07) is 18.1. The number of methoxy groups -OCH3 is 1. The Bertz CT molecular complexity index is 1500. The van der Waals surface area contributed by atoms with Crippen LogP contribution in [0.25, 0.3) is 17.0 Å². The molecule has 2 aliphatic rings. The number of rotatable bonds is 4. The molecule has 3 heterocycles. The Morgan fingerprint density at radius 2 is 1.91 bits per heavy atom. The minimum Gasteiger partial charge on any atom is -0.497 e. The largest absolute Gasteiger partial charge is 0.497 e. The van der Waals surface area contributed by atoms with E-state index in [-0.39, 0.29) is 5.78 Å². The van der Waals surface area contributed by atoms with Gasteiger partial charge in [0.2, 0.25) is 5.78 Å². The van der Waals surface area contributed by atoms with Crippen molar-refractivity contribution in [3.05, 3.63) is 94.4 Å². The standard InChI is InChI=1S/C29H26N2O4/c1-18-4-6-19(7-5-18)14-31-16-24-26(34-17-31)11-9-22-28(32)27(35-29(22)24)12-20-15-30(2)25-10-8-21(33-3)13-23(20)25/h4-13,15H,14,16-17H2,1-3H3/b27-12-. The third-order valence-corrected chi connectivity index (χ3v) is 6.72. The SMILES string of the molecule is COc1ccc2c(c1)c(/C=C1\Oc3c(ccc4c3CN(Cc3ccc(C)cc3)CO4)C1=O)cn2C. The van der Waals surface area contributed by atoms with Gasteiger partial charge in [0.1, 0.15) is 24.0 Å². The summed E-state index contributed by atoms with van der Waals surface area (Å²) in [4.78, 5) is 15.5. The summed E-state index contributed by atoms with van der Waals surface area (Å²) in [5, 5.41) is 1.00. The Balaban J connectivity index is 1.32. The van der Waals surface area contributed by atoms with Crippen LogP contribution >= 0.6 is 0 Å². The Morgan fingerprint density at radius 1 is 1.09 bits per heavy atom. The number of hydrogen-bond donors (Lipinski definition) is 0. The van der Waals surface area contributed by atoms with Gasteiger partial charge in [-0.15, -0.1) is 0 Å². The molecule has 3 aromatic carbocycles. The van der Waals surface area contributed by atoms with Gasteiger partial charge < -0.3 is 18.8 Å². The van der Waals surface area contributed by atoms with E-state index in [1.54, 1.807) is 13.2 Å². The van der Waals surface area contributed by atoms with Crippen molar-refractivity contribution in [2.24, 2.45) is 7.05 Å². The number of carbonyl (C=O) groups is 1. The van der Waals surface area contributed by atoms with E-state index in [0.29, 0.717) is 30.3 Å². The summed E-state index contributed by atoms with van der Waals surface area (Å²) in [6.45, 7) is 3.99. The number of allylic oxidation sites excluding steroid dienone is 1. The average molecular weight is 467 g/mol. The molecule has 0 bridgehead atoms. The molecule has 6 rings (SSSR count). The number of ether oxygens (including phenoxy) is 3. The van der Waals surface area contributed by atoms with Crippen LogP contribution in [-0.4, -0.2) is 29.1 Å². The monoisotopic (exact) mass is 466 g/mol. The van der Waals surface area contributed by atoms with Crippen LogP contribution in [-0.2, 0) is 20.1 Å². The zero-order chi connectivity index (χ0) is 24.1. The predicted octanol–water partition coefficient (Wildman–Crippen LogP) is 5.46. The fraction of sp³-hybridized carbons (Fsp3) is 0.207. The van der Waals surface area contributed by atoms with Gasteiger partial charge in [-0.3, -0.25) is 9.69 Å². The molecule has 176 valence electrons. The lowest BCUT2D eigenvalue weighted by molar-refractivity contribution is 0.0873. The van der Waals surface area contributed by atoms with Crippen LogP contribution in [0.5, 0.6) is 17.2 Å². The number of benzene rings is 3. The third kappa shape index (κ3) is 3.76. The first kappa shape index (κ1) is 21.5. The maximum absolute atomic E-state index is 13.3. The molecule has 0 saturated heterocycles. The lowest BCUT2D eigenvalue weighted by Gasteiger charge is -2.29. The topological polar surface area (TPSA) is 52.9 Å². The second-order valence-corrected chi connectivity index (χ2v) is 9.18. The molecule has 0 unspecified atom stereocenters. The van der Waals surface area contributed by atoms with Crippen LogP contribution < -0.4 is 14.2 Å². The summed E-state index contributed by atoms with van der Waals surface area (Å²) < 4.78 is 19.7. The van der Waals surface area contributed by atoms with Crippen molar-refractivity contribution >= 4 is 22.8 Å². The van der Waals surface area contributed by atoms with Gasteiger partial charge in [-0.1, -0.05) is 29.8 Å². The van der Waals surface area contributed by atoms with E-state index in [9.17, 15) is 4.79 Å². The van der Waals surface area contributed by atoms with Crippen molar-refractivity contribution in [2.75, 3.05) is 13.8 Å². The number of hydrogen-bond acceptors (Lipinski definition) is 5. The zero-order valence-electron chi connectivity index (χ0n) is 20.0. The molecule has 4 aromatic rings. The van der Waals surface area contributed by atoms with Gasteiger partial charge in [-0.2, -0.15) is 0 Å². The highest BCUT2D eigenvalue weighted by Gasteiger charge is 2.33. The summed E-state index contributed by atoms with van der Waals surface area (Å²) in [5.74, 6) is 2.35. The number of aryl methyl sites for hydroxylation is 2. The molecule has 0 aliphatic carbocycles. The van der Waals surface area contributed by atoms with Crippen LogP contribution in [0.2, 0.25) is 0 Å². The Hall–Kier alpha value is -4.03. The molecule has 0 saturated carbocycles. The second kappa shape index (κ2) is 8.32. The van der Waals surface area contributed by atoms with Crippen molar-refractivity contribution in [3.63, 3.8) is 0 Å². The molecule has 0 spiro atoms. The summed E-state index contributed by atoms with van der Waals surface area (Å²) >= 11 is 0. The van der Waals surface area contributed by atoms with Gasteiger partial charge in [0.25, 0.3) is 0 Å². The molecule has 6 heteroatoms. The molecule has 0 fully saturated rings. The van der Waals surface area contributed by atoms with E-state index >= 15 is 0 Å². The second-order valence-electron chi connectivity index (χ2n) is 9.18. The van der Waals surface area contributed by atoms with Crippen molar-refractivity contribution < 1.29 is 19.0 Å². The molecular formula is C29H26N2O4. The van der Waals surface area contributed by atoms with Crippen molar-refractivity contribution in [1.82, 2.24) is 9.47 Å². The molecule has 0 amide bonds. The van der Waals surface area contributed by atoms with Crippen LogP contribution in [0.3, 0.4) is 0 Å². The summed E-state index contributed by atoms with van der Waals surface area (Å²) in [7, 11) is 3.63. The lowest BCUT2D eigenvalue weighted by Crippen LogP contribution is -2.31. The van der Waals surface area contributed by atoms with E-state index < -0.39 is 0 Å². The number of nitrogens with zero attached hydrogens (tertiary/aromatic N) is 2. The quantitative estimate of drug-likeness (QED) is 0.374. The molecule has 0 radical (unpaired) electrons. The van der Waals surface area contributed by atoms with Crippen molar-refractivity contribution in [3.8, 4) is 17.2 Å². The highest BCUT2D eigenvalue weighted by molar-refractivity contribution is 6.15. The minimum atomic E-state index is -0.113. The van der Waals surface area contributed by atoms with Gasteiger partial charge in [0.15, 0.2) is 5.76 Å². The summed E-state index contributed by atoms with van der Waals surface area (Å²) in [5.41, 5.74) is 5.91. The Labute approximate surface area is 203 Å². The Kier molecular flexibility index (Phi) is 5.11. The predicted molar refractivity (Wildman–Crippen MR) is 135 cm³/mol. The molecule has 35 heavy (non-hydrogen) atoms. The molecular weight excluding hydrogens is 440 g/mol. The van der Waals surface area contributed by atoms with Gasteiger partial charge >= 0.3 is 0 Å². The smallest absolute Gasteiger partial charge is 0.231 e. The number of fused-ring (bicyclic) bond motifs is 4. The number of aromatic nitrogens is 1. The van der Waals surface area contributed by atoms with Gasteiger partial charge in [-0.25, -0.2) is 0 Å². The van der Waals surface area contributed by atoms with E-state index in [2.05, 4.69) is 36.1 Å². The minimum absolute atomic E-state index is 0.113. The van der Waals surface area contributed by atoms with E-state index in [1.807, 2.05) is 48.2 Å². The first-order valence-electron chi connectivity index (χ1n) is 11.6. The Morgan fingerprint density at radius 3 is 2.71 bits per heavy atom. The number of ketones is 1. The van der Waals surface area contributed by atoms with Crippen LogP contribution in [0.15, 0.2) is 66.6 Å².